The number of ether oxygens (including phenoxy) is 5. The molecule has 5 rings (SSSR count). The summed E-state index contributed by atoms with van der Waals surface area (Å²) < 4.78 is 30.2. The quantitative estimate of drug-likeness (QED) is 0.173. The first-order valence-electron chi connectivity index (χ1n) is 14.2. The molecular formula is C35H34N2O7. The Morgan fingerprint density at radius 2 is 1.36 bits per heavy atom. The van der Waals surface area contributed by atoms with Crippen molar-refractivity contribution in [2.24, 2.45) is 0 Å². The molecule has 0 fully saturated rings. The zero-order valence-corrected chi connectivity index (χ0v) is 25.1. The molecule has 0 atom stereocenters. The summed E-state index contributed by atoms with van der Waals surface area (Å²) >= 11 is 0. The van der Waals surface area contributed by atoms with Crippen LogP contribution in [-0.2, 0) is 6.61 Å². The minimum atomic E-state index is -0.587. The standard InChI is InChI=1S/C35H34N2O7/c1-5-42-29-16-25(17-30(19-29)43-6-2)37-21-32(35(39)36-24-14-27(40-3)18-28(15-24)41-4)34(38)31-13-12-26(20-33(31)37)44-22-23-10-8-7-9-11-23/h7-21H,5-6,22H2,1-4H3,(H,36,39). The molecule has 0 unspecified atom stereocenters. The molecule has 0 aliphatic rings. The molecule has 44 heavy (non-hydrogen) atoms. The maximum absolute atomic E-state index is 13.8. The Hall–Kier alpha value is -5.44. The Kier molecular flexibility index (Phi) is 9.34. The molecule has 5 aromatic rings. The molecular weight excluding hydrogens is 560 g/mol. The number of aromatic nitrogens is 1. The minimum Gasteiger partial charge on any atom is -0.497 e. The second-order valence-electron chi connectivity index (χ2n) is 9.78. The lowest BCUT2D eigenvalue weighted by atomic mass is 10.1. The van der Waals surface area contributed by atoms with Gasteiger partial charge in [-0.15, -0.1) is 0 Å². The van der Waals surface area contributed by atoms with Gasteiger partial charge in [0.2, 0.25) is 5.43 Å². The lowest BCUT2D eigenvalue weighted by Crippen LogP contribution is -2.23. The summed E-state index contributed by atoms with van der Waals surface area (Å²) in [6, 6.07) is 25.5. The number of amides is 1. The number of rotatable bonds is 12. The van der Waals surface area contributed by atoms with Crippen LogP contribution in [0.1, 0.15) is 29.8 Å². The lowest BCUT2D eigenvalue weighted by molar-refractivity contribution is 0.102. The van der Waals surface area contributed by atoms with Gasteiger partial charge in [-0.1, -0.05) is 30.3 Å². The zero-order valence-electron chi connectivity index (χ0n) is 25.1. The topological polar surface area (TPSA) is 97.3 Å². The van der Waals surface area contributed by atoms with Gasteiger partial charge in [0.15, 0.2) is 0 Å². The average Bonchev–Trinajstić information content (AvgIpc) is 3.04. The Labute approximate surface area is 255 Å². The maximum atomic E-state index is 13.8. The van der Waals surface area contributed by atoms with Crippen molar-refractivity contribution in [1.29, 1.82) is 0 Å². The van der Waals surface area contributed by atoms with E-state index < -0.39 is 11.3 Å². The summed E-state index contributed by atoms with van der Waals surface area (Å²) in [5.74, 6) is 2.15. The van der Waals surface area contributed by atoms with Gasteiger partial charge in [0, 0.05) is 59.7 Å². The first-order chi connectivity index (χ1) is 21.4. The van der Waals surface area contributed by atoms with E-state index in [1.165, 1.54) is 20.4 Å². The molecule has 0 radical (unpaired) electrons. The van der Waals surface area contributed by atoms with Crippen LogP contribution in [0.15, 0.2) is 95.9 Å². The van der Waals surface area contributed by atoms with Gasteiger partial charge < -0.3 is 33.6 Å². The third kappa shape index (κ3) is 6.78. The molecule has 0 spiro atoms. The minimum absolute atomic E-state index is 0.0583. The Morgan fingerprint density at radius 1 is 0.727 bits per heavy atom. The lowest BCUT2D eigenvalue weighted by Gasteiger charge is -2.17. The number of hydrogen-bond donors (Lipinski definition) is 1. The average molecular weight is 595 g/mol. The summed E-state index contributed by atoms with van der Waals surface area (Å²) in [5.41, 5.74) is 2.13. The van der Waals surface area contributed by atoms with Crippen LogP contribution in [0.25, 0.3) is 16.6 Å². The van der Waals surface area contributed by atoms with Crippen LogP contribution >= 0.6 is 0 Å². The van der Waals surface area contributed by atoms with Gasteiger partial charge in [-0.25, -0.2) is 0 Å². The molecule has 0 aliphatic carbocycles. The monoisotopic (exact) mass is 594 g/mol. The summed E-state index contributed by atoms with van der Waals surface area (Å²) in [6.45, 7) is 5.06. The highest BCUT2D eigenvalue weighted by molar-refractivity contribution is 6.06. The van der Waals surface area contributed by atoms with Crippen LogP contribution in [0.5, 0.6) is 28.7 Å². The van der Waals surface area contributed by atoms with Crippen molar-refractivity contribution in [2.45, 2.75) is 20.5 Å². The van der Waals surface area contributed by atoms with Crippen molar-refractivity contribution in [1.82, 2.24) is 4.57 Å². The van der Waals surface area contributed by atoms with Crippen molar-refractivity contribution < 1.29 is 28.5 Å². The summed E-state index contributed by atoms with van der Waals surface area (Å²) in [5, 5.41) is 3.16. The van der Waals surface area contributed by atoms with Crippen molar-refractivity contribution in [3.05, 3.63) is 112 Å². The Bertz CT molecular complexity index is 1790. The fourth-order valence-corrected chi connectivity index (χ4v) is 4.79. The van der Waals surface area contributed by atoms with Gasteiger partial charge in [0.1, 0.15) is 40.9 Å². The third-order valence-electron chi connectivity index (χ3n) is 6.84. The van der Waals surface area contributed by atoms with Crippen LogP contribution < -0.4 is 34.4 Å². The molecule has 4 aromatic carbocycles. The highest BCUT2D eigenvalue weighted by atomic mass is 16.5. The van der Waals surface area contributed by atoms with E-state index in [1.54, 1.807) is 47.0 Å². The Balaban J connectivity index is 1.63. The molecule has 9 nitrogen and oxygen atoms in total. The van der Waals surface area contributed by atoms with Gasteiger partial charge in [0.05, 0.1) is 38.6 Å². The first kappa shape index (κ1) is 30.0. The molecule has 0 saturated heterocycles. The van der Waals surface area contributed by atoms with Gasteiger partial charge in [-0.3, -0.25) is 9.59 Å². The van der Waals surface area contributed by atoms with E-state index in [0.29, 0.717) is 70.8 Å². The molecule has 226 valence electrons. The van der Waals surface area contributed by atoms with Gasteiger partial charge in [-0.05, 0) is 31.5 Å². The SMILES string of the molecule is CCOc1cc(OCC)cc(-n2cc(C(=O)Nc3cc(OC)cc(OC)c3)c(=O)c3ccc(OCc4ccccc4)cc32)c1. The molecule has 9 heteroatoms. The van der Waals surface area contributed by atoms with Crippen LogP contribution in [-0.4, -0.2) is 37.9 Å². The van der Waals surface area contributed by atoms with Crippen LogP contribution in [0.2, 0.25) is 0 Å². The van der Waals surface area contributed by atoms with Gasteiger partial charge >= 0.3 is 0 Å². The number of carbonyl (C=O) groups excluding carboxylic acids is 1. The summed E-state index contributed by atoms with van der Waals surface area (Å²) in [7, 11) is 3.04. The molecule has 1 amide bonds. The molecule has 1 N–H and O–H groups in total. The Morgan fingerprint density at radius 3 is 1.98 bits per heavy atom. The number of hydrogen-bond acceptors (Lipinski definition) is 7. The number of fused-ring (bicyclic) bond motifs is 1. The van der Waals surface area contributed by atoms with E-state index >= 15 is 0 Å². The number of carbonyl (C=O) groups is 1. The van der Waals surface area contributed by atoms with E-state index in [-0.39, 0.29) is 5.56 Å². The van der Waals surface area contributed by atoms with Crippen molar-refractivity contribution >= 4 is 22.5 Å². The van der Waals surface area contributed by atoms with Crippen LogP contribution in [0.4, 0.5) is 5.69 Å². The number of pyridine rings is 1. The van der Waals surface area contributed by atoms with Crippen molar-refractivity contribution in [3.8, 4) is 34.4 Å². The summed E-state index contributed by atoms with van der Waals surface area (Å²) in [6.07, 6.45) is 1.53. The maximum Gasteiger partial charge on any atom is 0.261 e. The zero-order chi connectivity index (χ0) is 31.1. The molecule has 1 heterocycles. The van der Waals surface area contributed by atoms with Crippen molar-refractivity contribution in [3.63, 3.8) is 0 Å². The van der Waals surface area contributed by atoms with E-state index in [9.17, 15) is 9.59 Å². The predicted octanol–water partition coefficient (Wildman–Crippen LogP) is 6.64. The van der Waals surface area contributed by atoms with Gasteiger partial charge in [-0.2, -0.15) is 0 Å². The highest BCUT2D eigenvalue weighted by Gasteiger charge is 2.19. The van der Waals surface area contributed by atoms with Crippen molar-refractivity contribution in [2.75, 3.05) is 32.8 Å². The molecule has 0 saturated carbocycles. The number of anilines is 1. The number of methoxy groups -OCH3 is 2. The van der Waals surface area contributed by atoms with Gasteiger partial charge in [0.25, 0.3) is 5.91 Å². The third-order valence-corrected chi connectivity index (χ3v) is 6.84. The number of benzene rings is 4. The predicted molar refractivity (Wildman–Crippen MR) is 170 cm³/mol. The molecule has 0 bridgehead atoms. The fraction of sp³-hybridized carbons (Fsp3) is 0.200. The van der Waals surface area contributed by atoms with Crippen LogP contribution in [0.3, 0.4) is 0 Å². The summed E-state index contributed by atoms with van der Waals surface area (Å²) in [4.78, 5) is 27.5. The van der Waals surface area contributed by atoms with Crippen LogP contribution in [0, 0.1) is 0 Å². The first-order valence-corrected chi connectivity index (χ1v) is 14.2. The normalized spacial score (nSPS) is 10.7. The number of nitrogens with zero attached hydrogens (tertiary/aromatic N) is 1. The second-order valence-corrected chi connectivity index (χ2v) is 9.78. The fourth-order valence-electron chi connectivity index (χ4n) is 4.79. The van der Waals surface area contributed by atoms with E-state index in [0.717, 1.165) is 5.56 Å². The van der Waals surface area contributed by atoms with E-state index in [2.05, 4.69) is 5.32 Å². The highest BCUT2D eigenvalue weighted by Crippen LogP contribution is 2.30. The smallest absolute Gasteiger partial charge is 0.261 e. The largest absolute Gasteiger partial charge is 0.497 e. The molecule has 1 aromatic heterocycles. The number of nitrogens with one attached hydrogen (secondary N) is 1. The van der Waals surface area contributed by atoms with E-state index in [1.807, 2.05) is 56.3 Å². The molecule has 0 aliphatic heterocycles. The second kappa shape index (κ2) is 13.7. The van der Waals surface area contributed by atoms with E-state index in [4.69, 9.17) is 23.7 Å².